The van der Waals surface area contributed by atoms with Crippen LogP contribution < -0.4 is 4.74 Å². The van der Waals surface area contributed by atoms with E-state index in [2.05, 4.69) is 26.8 Å². The van der Waals surface area contributed by atoms with Crippen LogP contribution in [0.15, 0.2) is 24.3 Å². The Morgan fingerprint density at radius 1 is 1.35 bits per heavy atom. The van der Waals surface area contributed by atoms with E-state index in [-0.39, 0.29) is 0 Å². The molecule has 0 saturated heterocycles. The molecule has 0 heterocycles. The lowest BCUT2D eigenvalue weighted by Crippen LogP contribution is -2.09. The van der Waals surface area contributed by atoms with Gasteiger partial charge in [0, 0.05) is 4.75 Å². The Morgan fingerprint density at radius 2 is 2.12 bits per heavy atom. The van der Waals surface area contributed by atoms with Gasteiger partial charge in [0.2, 0.25) is 0 Å². The lowest BCUT2D eigenvalue weighted by atomic mass is 10.2. The smallest absolute Gasteiger partial charge is 0.120 e. The van der Waals surface area contributed by atoms with E-state index in [1.165, 1.54) is 0 Å². The first-order chi connectivity index (χ1) is 8.01. The minimum Gasteiger partial charge on any atom is -0.494 e. The number of nitrogens with zero attached hydrogens (tertiary/aromatic N) is 1. The van der Waals surface area contributed by atoms with Crippen LogP contribution in [0, 0.1) is 11.3 Å². The van der Waals surface area contributed by atoms with Crippen molar-refractivity contribution in [3.8, 4) is 11.8 Å². The largest absolute Gasteiger partial charge is 0.494 e. The summed E-state index contributed by atoms with van der Waals surface area (Å²) in [5.41, 5.74) is 0.645. The molecule has 92 valence electrons. The van der Waals surface area contributed by atoms with E-state index in [0.29, 0.717) is 16.9 Å². The molecule has 2 nitrogen and oxygen atoms in total. The maximum Gasteiger partial charge on any atom is 0.120 e. The summed E-state index contributed by atoms with van der Waals surface area (Å²) >= 11 is 1.94. The molecule has 0 aliphatic rings. The molecule has 3 heteroatoms. The summed E-state index contributed by atoms with van der Waals surface area (Å²) < 4.78 is 5.92. The van der Waals surface area contributed by atoms with Gasteiger partial charge in [-0.15, -0.1) is 0 Å². The third kappa shape index (κ3) is 6.23. The second-order valence-corrected chi connectivity index (χ2v) is 6.72. The molecule has 0 saturated carbocycles. The van der Waals surface area contributed by atoms with Gasteiger partial charge in [-0.2, -0.15) is 17.0 Å². The van der Waals surface area contributed by atoms with E-state index in [0.717, 1.165) is 17.9 Å². The summed E-state index contributed by atoms with van der Waals surface area (Å²) in [5.74, 6) is 1.88. The van der Waals surface area contributed by atoms with Gasteiger partial charge in [0.25, 0.3) is 0 Å². The molecule has 0 radical (unpaired) electrons. The van der Waals surface area contributed by atoms with Crippen LogP contribution >= 0.6 is 11.8 Å². The fourth-order valence-electron chi connectivity index (χ4n) is 1.28. The van der Waals surface area contributed by atoms with Crippen LogP contribution in [0.25, 0.3) is 0 Å². The van der Waals surface area contributed by atoms with Crippen molar-refractivity contribution in [3.05, 3.63) is 29.8 Å². The normalized spacial score (nSPS) is 10.9. The molecule has 0 N–H and O–H groups in total. The summed E-state index contributed by atoms with van der Waals surface area (Å²) in [5, 5.41) is 8.75. The molecule has 17 heavy (non-hydrogen) atoms. The average molecular weight is 249 g/mol. The van der Waals surface area contributed by atoms with E-state index in [1.807, 2.05) is 23.9 Å². The summed E-state index contributed by atoms with van der Waals surface area (Å²) in [6.07, 6.45) is 1.03. The number of hydrogen-bond donors (Lipinski definition) is 0. The highest BCUT2D eigenvalue weighted by Gasteiger charge is 2.09. The number of hydrogen-bond acceptors (Lipinski definition) is 3. The quantitative estimate of drug-likeness (QED) is 0.743. The zero-order valence-electron chi connectivity index (χ0n) is 10.7. The third-order valence-corrected chi connectivity index (χ3v) is 3.41. The van der Waals surface area contributed by atoms with Crippen molar-refractivity contribution in [2.45, 2.75) is 31.9 Å². The van der Waals surface area contributed by atoms with Crippen molar-refractivity contribution >= 4 is 11.8 Å². The zero-order chi connectivity index (χ0) is 12.7. The van der Waals surface area contributed by atoms with Crippen molar-refractivity contribution in [2.24, 2.45) is 0 Å². The van der Waals surface area contributed by atoms with Crippen molar-refractivity contribution in [2.75, 3.05) is 12.4 Å². The maximum absolute atomic E-state index is 8.75. The number of ether oxygens (including phenoxy) is 1. The lowest BCUT2D eigenvalue weighted by molar-refractivity contribution is 0.318. The van der Waals surface area contributed by atoms with Crippen molar-refractivity contribution in [1.29, 1.82) is 5.26 Å². The van der Waals surface area contributed by atoms with Gasteiger partial charge in [-0.25, -0.2) is 0 Å². The number of thioether (sulfide) groups is 1. The Bertz CT molecular complexity index is 390. The van der Waals surface area contributed by atoms with Gasteiger partial charge in [0.15, 0.2) is 0 Å². The predicted molar refractivity (Wildman–Crippen MR) is 73.5 cm³/mol. The lowest BCUT2D eigenvalue weighted by Gasteiger charge is -2.17. The predicted octanol–water partition coefficient (Wildman–Crippen LogP) is 3.86. The monoisotopic (exact) mass is 249 g/mol. The first-order valence-corrected chi connectivity index (χ1v) is 6.77. The molecule has 1 rings (SSSR count). The fourth-order valence-corrected chi connectivity index (χ4v) is 2.16. The minimum atomic E-state index is 0.320. The molecule has 0 aromatic heterocycles. The van der Waals surface area contributed by atoms with Crippen LogP contribution in [-0.4, -0.2) is 17.1 Å². The van der Waals surface area contributed by atoms with Gasteiger partial charge in [-0.3, -0.25) is 0 Å². The van der Waals surface area contributed by atoms with Crippen LogP contribution in [-0.2, 0) is 0 Å². The molecule has 0 spiro atoms. The molecule has 0 aliphatic heterocycles. The molecule has 0 aliphatic carbocycles. The third-order valence-electron chi connectivity index (χ3n) is 2.06. The summed E-state index contributed by atoms with van der Waals surface area (Å²) in [7, 11) is 0. The molecule has 0 atom stereocenters. The van der Waals surface area contributed by atoms with E-state index in [9.17, 15) is 0 Å². The first-order valence-electron chi connectivity index (χ1n) is 5.78. The Hall–Kier alpha value is -1.14. The Kier molecular flexibility index (Phi) is 5.37. The van der Waals surface area contributed by atoms with Crippen LogP contribution in [0.5, 0.6) is 5.75 Å². The van der Waals surface area contributed by atoms with Gasteiger partial charge in [-0.05, 0) is 30.4 Å². The van der Waals surface area contributed by atoms with Crippen LogP contribution in [0.1, 0.15) is 32.8 Å². The molecule has 1 aromatic carbocycles. The highest BCUT2D eigenvalue weighted by molar-refractivity contribution is 8.00. The average Bonchev–Trinajstić information content (AvgIpc) is 2.27. The standard InChI is InChI=1S/C14H19NOS/c1-14(2,3)17-9-5-8-16-13-7-4-6-12(10-13)11-15/h4,6-7,10H,5,8-9H2,1-3H3. The molecule has 0 unspecified atom stereocenters. The summed E-state index contributed by atoms with van der Waals surface area (Å²) in [6.45, 7) is 7.36. The highest BCUT2D eigenvalue weighted by Crippen LogP contribution is 2.23. The maximum atomic E-state index is 8.75. The zero-order valence-corrected chi connectivity index (χ0v) is 11.5. The highest BCUT2D eigenvalue weighted by atomic mass is 32.2. The summed E-state index contributed by atoms with van der Waals surface area (Å²) in [6, 6.07) is 9.39. The van der Waals surface area contributed by atoms with Gasteiger partial charge in [-0.1, -0.05) is 26.8 Å². The molecular weight excluding hydrogens is 230 g/mol. The molecule has 0 amide bonds. The van der Waals surface area contributed by atoms with E-state index >= 15 is 0 Å². The number of rotatable bonds is 5. The number of nitriles is 1. The van der Waals surface area contributed by atoms with E-state index in [1.54, 1.807) is 12.1 Å². The van der Waals surface area contributed by atoms with Crippen molar-refractivity contribution in [3.63, 3.8) is 0 Å². The molecule has 1 aromatic rings. The van der Waals surface area contributed by atoms with Crippen molar-refractivity contribution < 1.29 is 4.74 Å². The van der Waals surface area contributed by atoms with E-state index < -0.39 is 0 Å². The van der Waals surface area contributed by atoms with Crippen LogP contribution in [0.2, 0.25) is 0 Å². The SMILES string of the molecule is CC(C)(C)SCCCOc1cccc(C#N)c1. The summed E-state index contributed by atoms with van der Waals surface area (Å²) in [4.78, 5) is 0. The second kappa shape index (κ2) is 6.56. The molecule has 0 bridgehead atoms. The first kappa shape index (κ1) is 13.9. The molecule has 0 fully saturated rings. The number of benzene rings is 1. The van der Waals surface area contributed by atoms with Gasteiger partial charge < -0.3 is 4.74 Å². The van der Waals surface area contributed by atoms with Gasteiger partial charge >= 0.3 is 0 Å². The van der Waals surface area contributed by atoms with Gasteiger partial charge in [0.1, 0.15) is 5.75 Å². The Balaban J connectivity index is 2.25. The van der Waals surface area contributed by atoms with Crippen molar-refractivity contribution in [1.82, 2.24) is 0 Å². The Labute approximate surface area is 108 Å². The molecular formula is C14H19NOS. The second-order valence-electron chi connectivity index (χ2n) is 4.80. The van der Waals surface area contributed by atoms with Crippen LogP contribution in [0.3, 0.4) is 0 Å². The van der Waals surface area contributed by atoms with Crippen LogP contribution in [0.4, 0.5) is 0 Å². The fraction of sp³-hybridized carbons (Fsp3) is 0.500. The Morgan fingerprint density at radius 3 is 2.76 bits per heavy atom. The van der Waals surface area contributed by atoms with E-state index in [4.69, 9.17) is 10.00 Å². The topological polar surface area (TPSA) is 33.0 Å². The van der Waals surface area contributed by atoms with Gasteiger partial charge in [0.05, 0.1) is 18.2 Å². The minimum absolute atomic E-state index is 0.320.